The first kappa shape index (κ1) is 21.0. The number of esters is 1. The molecule has 0 aromatic heterocycles. The predicted molar refractivity (Wildman–Crippen MR) is 115 cm³/mol. The highest BCUT2D eigenvalue weighted by Crippen LogP contribution is 2.19. The minimum Gasteiger partial charge on any atom is -0.423 e. The van der Waals surface area contributed by atoms with E-state index in [-0.39, 0.29) is 4.90 Å². The van der Waals surface area contributed by atoms with E-state index in [1.165, 1.54) is 30.5 Å². The number of halogens is 2. The van der Waals surface area contributed by atoms with Gasteiger partial charge in [0, 0.05) is 9.50 Å². The van der Waals surface area contributed by atoms with Crippen LogP contribution in [0.1, 0.15) is 15.9 Å². The highest BCUT2D eigenvalue weighted by atomic mass is 79.9. The van der Waals surface area contributed by atoms with Gasteiger partial charge in [0.1, 0.15) is 5.75 Å². The van der Waals surface area contributed by atoms with Crippen LogP contribution in [0.2, 0.25) is 5.02 Å². The molecule has 148 valence electrons. The molecule has 0 saturated carbocycles. The van der Waals surface area contributed by atoms with Crippen LogP contribution in [-0.2, 0) is 10.0 Å². The molecule has 0 aliphatic rings. The van der Waals surface area contributed by atoms with E-state index in [2.05, 4.69) is 25.9 Å². The van der Waals surface area contributed by atoms with Gasteiger partial charge in [0.15, 0.2) is 0 Å². The second kappa shape index (κ2) is 9.21. The zero-order valence-corrected chi connectivity index (χ0v) is 17.9. The predicted octanol–water partition coefficient (Wildman–Crippen LogP) is 4.63. The van der Waals surface area contributed by atoms with Gasteiger partial charge in [0.05, 0.1) is 16.7 Å². The molecule has 0 radical (unpaired) electrons. The summed E-state index contributed by atoms with van der Waals surface area (Å²) < 4.78 is 30.3. The second-order valence-electron chi connectivity index (χ2n) is 5.75. The van der Waals surface area contributed by atoms with Crippen molar-refractivity contribution in [2.45, 2.75) is 4.90 Å². The number of hydrogen-bond donors (Lipinski definition) is 1. The van der Waals surface area contributed by atoms with Crippen LogP contribution in [-0.4, -0.2) is 20.6 Å². The van der Waals surface area contributed by atoms with Crippen molar-refractivity contribution in [1.29, 1.82) is 0 Å². The van der Waals surface area contributed by atoms with Crippen LogP contribution < -0.4 is 9.57 Å². The van der Waals surface area contributed by atoms with Crippen LogP contribution >= 0.6 is 27.5 Å². The summed E-state index contributed by atoms with van der Waals surface area (Å²) in [6.07, 6.45) is 1.34. The number of sulfonamides is 1. The van der Waals surface area contributed by atoms with Crippen molar-refractivity contribution in [2.75, 3.05) is 0 Å². The lowest BCUT2D eigenvalue weighted by molar-refractivity contribution is 0.0734. The zero-order valence-electron chi connectivity index (χ0n) is 14.7. The highest BCUT2D eigenvalue weighted by molar-refractivity contribution is 9.10. The number of nitrogens with zero attached hydrogens (tertiary/aromatic N) is 1. The van der Waals surface area contributed by atoms with Gasteiger partial charge in [-0.25, -0.2) is 9.63 Å². The van der Waals surface area contributed by atoms with E-state index in [4.69, 9.17) is 16.3 Å². The van der Waals surface area contributed by atoms with E-state index in [1.807, 2.05) is 0 Å². The molecule has 0 spiro atoms. The summed E-state index contributed by atoms with van der Waals surface area (Å²) in [7, 11) is -3.79. The molecule has 1 N–H and O–H groups in total. The van der Waals surface area contributed by atoms with Crippen molar-refractivity contribution in [1.82, 2.24) is 4.83 Å². The van der Waals surface area contributed by atoms with Crippen LogP contribution in [0.25, 0.3) is 0 Å². The molecule has 9 heteroatoms. The van der Waals surface area contributed by atoms with Crippen LogP contribution in [0.15, 0.2) is 87.3 Å². The quantitative estimate of drug-likeness (QED) is 0.235. The lowest BCUT2D eigenvalue weighted by atomic mass is 10.2. The molecular formula is C20H14BrClN2O4S. The molecule has 3 rings (SSSR count). The van der Waals surface area contributed by atoms with Crippen molar-refractivity contribution in [3.05, 3.63) is 93.4 Å². The van der Waals surface area contributed by atoms with Crippen molar-refractivity contribution < 1.29 is 17.9 Å². The number of hydrazone groups is 1. The average molecular weight is 494 g/mol. The third kappa shape index (κ3) is 5.66. The number of carbonyl (C=O) groups is 1. The van der Waals surface area contributed by atoms with E-state index in [0.717, 1.165) is 0 Å². The Kier molecular flexibility index (Phi) is 6.68. The standard InChI is InChI=1S/C20H14BrClN2O4S/c21-19-4-2-1-3-18(19)20(25)28-16-9-5-14(6-10-16)13-23-24-29(26,27)17-11-7-15(22)8-12-17/h1-13,24H/b23-13+. The lowest BCUT2D eigenvalue weighted by Crippen LogP contribution is -2.18. The van der Waals surface area contributed by atoms with Crippen molar-refractivity contribution in [2.24, 2.45) is 5.10 Å². The lowest BCUT2D eigenvalue weighted by Gasteiger charge is -2.06. The van der Waals surface area contributed by atoms with Gasteiger partial charge in [-0.15, -0.1) is 0 Å². The van der Waals surface area contributed by atoms with Gasteiger partial charge in [-0.05, 0) is 82.2 Å². The van der Waals surface area contributed by atoms with E-state index in [9.17, 15) is 13.2 Å². The van der Waals surface area contributed by atoms with Crippen LogP contribution in [0.4, 0.5) is 0 Å². The Labute approximate surface area is 181 Å². The van der Waals surface area contributed by atoms with Gasteiger partial charge in [0.2, 0.25) is 0 Å². The van der Waals surface area contributed by atoms with Crippen molar-refractivity contribution >= 4 is 49.7 Å². The molecule has 0 aliphatic carbocycles. The minimum atomic E-state index is -3.79. The summed E-state index contributed by atoms with van der Waals surface area (Å²) in [5.74, 6) is -0.140. The molecule has 0 fully saturated rings. The normalized spacial score (nSPS) is 11.4. The summed E-state index contributed by atoms with van der Waals surface area (Å²) in [6.45, 7) is 0. The van der Waals surface area contributed by atoms with Gasteiger partial charge in [-0.2, -0.15) is 13.5 Å². The molecule has 6 nitrogen and oxygen atoms in total. The fraction of sp³-hybridized carbons (Fsp3) is 0. The molecular weight excluding hydrogens is 480 g/mol. The van der Waals surface area contributed by atoms with Gasteiger partial charge in [0.25, 0.3) is 10.0 Å². The number of benzene rings is 3. The summed E-state index contributed by atoms with van der Waals surface area (Å²) in [4.78, 5) is 14.4. The van der Waals surface area contributed by atoms with Crippen LogP contribution in [0.5, 0.6) is 5.75 Å². The topological polar surface area (TPSA) is 84.8 Å². The smallest absolute Gasteiger partial charge is 0.344 e. The molecule has 0 bridgehead atoms. The summed E-state index contributed by atoms with van der Waals surface area (Å²) >= 11 is 9.06. The Bertz CT molecular complexity index is 1150. The molecule has 0 heterocycles. The molecule has 0 aliphatic heterocycles. The Balaban J connectivity index is 1.62. The largest absolute Gasteiger partial charge is 0.423 e. The first-order valence-electron chi connectivity index (χ1n) is 8.22. The van der Waals surface area contributed by atoms with Crippen LogP contribution in [0, 0.1) is 0 Å². The Morgan fingerprint density at radius 2 is 1.66 bits per heavy atom. The minimum absolute atomic E-state index is 0.0494. The monoisotopic (exact) mass is 492 g/mol. The van der Waals surface area contributed by atoms with E-state index >= 15 is 0 Å². The Morgan fingerprint density at radius 3 is 2.31 bits per heavy atom. The maximum Gasteiger partial charge on any atom is 0.344 e. The highest BCUT2D eigenvalue weighted by Gasteiger charge is 2.13. The Hall–Kier alpha value is -2.68. The number of ether oxygens (including phenoxy) is 1. The number of carbonyl (C=O) groups excluding carboxylic acids is 1. The number of nitrogens with one attached hydrogen (secondary N) is 1. The van der Waals surface area contributed by atoms with Gasteiger partial charge in [-0.1, -0.05) is 23.7 Å². The average Bonchev–Trinajstić information content (AvgIpc) is 2.70. The molecule has 29 heavy (non-hydrogen) atoms. The zero-order chi connectivity index (χ0) is 20.9. The van der Waals surface area contributed by atoms with E-state index in [1.54, 1.807) is 48.5 Å². The van der Waals surface area contributed by atoms with Gasteiger partial charge < -0.3 is 4.74 Å². The van der Waals surface area contributed by atoms with Crippen molar-refractivity contribution in [3.63, 3.8) is 0 Å². The molecule has 3 aromatic rings. The first-order valence-corrected chi connectivity index (χ1v) is 10.9. The van der Waals surface area contributed by atoms with E-state index < -0.39 is 16.0 Å². The first-order chi connectivity index (χ1) is 13.8. The summed E-state index contributed by atoms with van der Waals surface area (Å²) in [5, 5.41) is 4.19. The second-order valence-corrected chi connectivity index (χ2v) is 8.70. The summed E-state index contributed by atoms with van der Waals surface area (Å²) in [5.41, 5.74) is 1.03. The molecule has 0 amide bonds. The Morgan fingerprint density at radius 1 is 1.00 bits per heavy atom. The fourth-order valence-electron chi connectivity index (χ4n) is 2.25. The SMILES string of the molecule is O=C(Oc1ccc(/C=N/NS(=O)(=O)c2ccc(Cl)cc2)cc1)c1ccccc1Br. The van der Waals surface area contributed by atoms with Gasteiger partial charge >= 0.3 is 5.97 Å². The number of rotatable bonds is 6. The maximum absolute atomic E-state index is 12.2. The third-order valence-electron chi connectivity index (χ3n) is 3.69. The van der Waals surface area contributed by atoms with Gasteiger partial charge in [-0.3, -0.25) is 0 Å². The number of hydrogen-bond acceptors (Lipinski definition) is 5. The van der Waals surface area contributed by atoms with Crippen LogP contribution in [0.3, 0.4) is 0 Å². The van der Waals surface area contributed by atoms with Crippen molar-refractivity contribution in [3.8, 4) is 5.75 Å². The van der Waals surface area contributed by atoms with E-state index in [0.29, 0.717) is 26.4 Å². The third-order valence-corrected chi connectivity index (χ3v) is 5.88. The fourth-order valence-corrected chi connectivity index (χ4v) is 3.61. The summed E-state index contributed by atoms with van der Waals surface area (Å²) in [6, 6.07) is 19.1. The molecule has 3 aromatic carbocycles. The maximum atomic E-state index is 12.2. The molecule has 0 saturated heterocycles. The molecule has 0 unspecified atom stereocenters. The molecule has 0 atom stereocenters.